The summed E-state index contributed by atoms with van der Waals surface area (Å²) in [5.41, 5.74) is 0.942. The molecule has 1 atom stereocenters. The lowest BCUT2D eigenvalue weighted by molar-refractivity contribution is -0.124. The van der Waals surface area contributed by atoms with Gasteiger partial charge in [0, 0.05) is 11.6 Å². The van der Waals surface area contributed by atoms with Crippen molar-refractivity contribution >= 4 is 41.1 Å². The van der Waals surface area contributed by atoms with E-state index < -0.39 is 6.04 Å². The number of rotatable bonds is 5. The van der Waals surface area contributed by atoms with Crippen molar-refractivity contribution in [3.8, 4) is 10.7 Å². The van der Waals surface area contributed by atoms with Crippen LogP contribution in [0.4, 0.5) is 0 Å². The summed E-state index contributed by atoms with van der Waals surface area (Å²) in [7, 11) is 0. The number of aromatic nitrogens is 3. The van der Waals surface area contributed by atoms with Gasteiger partial charge < -0.3 is 5.32 Å². The molecule has 0 saturated carbocycles. The Hall–Kier alpha value is -1.96. The van der Waals surface area contributed by atoms with Crippen LogP contribution in [0.3, 0.4) is 0 Å². The zero-order chi connectivity index (χ0) is 17.1. The molecule has 0 fully saturated rings. The Labute approximate surface area is 153 Å². The molecule has 0 spiro atoms. The fourth-order valence-corrected chi connectivity index (χ4v) is 3.56. The van der Waals surface area contributed by atoms with E-state index in [9.17, 15) is 4.79 Å². The van der Waals surface area contributed by atoms with E-state index in [0.29, 0.717) is 22.2 Å². The zero-order valence-electron chi connectivity index (χ0n) is 12.8. The minimum Gasteiger partial charge on any atom is -0.350 e. The number of nitrogens with zero attached hydrogens (tertiary/aromatic N) is 2. The predicted octanol–water partition coefficient (Wildman–Crippen LogP) is 4.20. The van der Waals surface area contributed by atoms with Gasteiger partial charge in [-0.15, -0.1) is 11.3 Å². The molecule has 1 amide bonds. The largest absolute Gasteiger partial charge is 0.350 e. The maximum atomic E-state index is 12.5. The minimum atomic E-state index is -0.479. The summed E-state index contributed by atoms with van der Waals surface area (Å²) in [5.74, 6) is 0.533. The van der Waals surface area contributed by atoms with Crippen LogP contribution in [0.5, 0.6) is 0 Å². The Bertz CT molecular complexity index is 901. The van der Waals surface area contributed by atoms with Gasteiger partial charge in [0.15, 0.2) is 10.6 Å². The van der Waals surface area contributed by atoms with Gasteiger partial charge >= 0.3 is 0 Å². The normalized spacial score (nSPS) is 12.1. The molecule has 0 saturated heterocycles. The molecule has 0 bridgehead atoms. The van der Waals surface area contributed by atoms with E-state index in [1.807, 2.05) is 35.7 Å². The number of benzene rings is 1. The van der Waals surface area contributed by atoms with Crippen LogP contribution < -0.4 is 5.32 Å². The first-order valence-electron chi connectivity index (χ1n) is 7.29. The van der Waals surface area contributed by atoms with Crippen molar-refractivity contribution in [3.05, 3.63) is 57.1 Å². The lowest BCUT2D eigenvalue weighted by Crippen LogP contribution is -2.31. The van der Waals surface area contributed by atoms with Crippen molar-refractivity contribution in [1.82, 2.24) is 20.1 Å². The third kappa shape index (κ3) is 3.58. The van der Waals surface area contributed by atoms with Crippen LogP contribution in [0.25, 0.3) is 10.7 Å². The van der Waals surface area contributed by atoms with Crippen LogP contribution in [0, 0.1) is 4.77 Å². The smallest absolute Gasteiger partial charge is 0.243 e. The summed E-state index contributed by atoms with van der Waals surface area (Å²) in [6, 6.07) is 10.8. The van der Waals surface area contributed by atoms with Gasteiger partial charge in [0.05, 0.1) is 4.88 Å². The summed E-state index contributed by atoms with van der Waals surface area (Å²) < 4.78 is 2.15. The number of nitrogens with one attached hydrogen (secondary N) is 2. The lowest BCUT2D eigenvalue weighted by atomic mass is 10.2. The van der Waals surface area contributed by atoms with Crippen LogP contribution in [-0.4, -0.2) is 20.7 Å². The van der Waals surface area contributed by atoms with Gasteiger partial charge in [-0.05, 0) is 48.3 Å². The van der Waals surface area contributed by atoms with Crippen molar-refractivity contribution < 1.29 is 4.79 Å². The van der Waals surface area contributed by atoms with Gasteiger partial charge in [0.25, 0.3) is 0 Å². The number of carbonyl (C=O) groups excluding carboxylic acids is 1. The molecule has 124 valence electrons. The number of H-pyrrole nitrogens is 1. The molecular formula is C16H15ClN4OS2. The minimum absolute atomic E-state index is 0.134. The average molecular weight is 379 g/mol. The van der Waals surface area contributed by atoms with E-state index in [0.717, 1.165) is 10.4 Å². The quantitative estimate of drug-likeness (QED) is 0.654. The lowest BCUT2D eigenvalue weighted by Gasteiger charge is -2.15. The Morgan fingerprint density at radius 2 is 2.29 bits per heavy atom. The number of carbonyl (C=O) groups is 1. The summed E-state index contributed by atoms with van der Waals surface area (Å²) in [6.07, 6.45) is 0. The molecule has 2 heterocycles. The van der Waals surface area contributed by atoms with Gasteiger partial charge in [-0.2, -0.15) is 5.10 Å². The third-order valence-corrected chi connectivity index (χ3v) is 4.96. The highest BCUT2D eigenvalue weighted by atomic mass is 35.5. The number of aromatic amines is 1. The molecule has 0 aliphatic carbocycles. The molecule has 3 rings (SSSR count). The standard InChI is InChI=1S/C16H15ClN4OS2/c1-10(15(22)18-9-11-4-2-5-12(17)8-11)21-14(19-20-16(21)23)13-6-3-7-24-13/h2-8,10H,9H2,1H3,(H,18,22)(H,20,23)/t10-/m1/s1. The number of amides is 1. The van der Waals surface area contributed by atoms with E-state index in [2.05, 4.69) is 15.5 Å². The second-order valence-electron chi connectivity index (χ2n) is 5.22. The maximum Gasteiger partial charge on any atom is 0.243 e. The van der Waals surface area contributed by atoms with Crippen LogP contribution in [0.2, 0.25) is 5.02 Å². The predicted molar refractivity (Wildman–Crippen MR) is 98.7 cm³/mol. The number of hydrogen-bond acceptors (Lipinski definition) is 4. The van der Waals surface area contributed by atoms with Gasteiger partial charge in [-0.25, -0.2) is 0 Å². The molecule has 0 aliphatic heterocycles. The van der Waals surface area contributed by atoms with Crippen molar-refractivity contribution in [2.24, 2.45) is 0 Å². The van der Waals surface area contributed by atoms with Crippen molar-refractivity contribution in [3.63, 3.8) is 0 Å². The Balaban J connectivity index is 1.77. The topological polar surface area (TPSA) is 62.7 Å². The molecule has 0 aliphatic rings. The Morgan fingerprint density at radius 1 is 1.46 bits per heavy atom. The maximum absolute atomic E-state index is 12.5. The zero-order valence-corrected chi connectivity index (χ0v) is 15.2. The summed E-state index contributed by atoms with van der Waals surface area (Å²) in [4.78, 5) is 13.5. The first-order chi connectivity index (χ1) is 11.6. The van der Waals surface area contributed by atoms with Crippen molar-refractivity contribution in [2.75, 3.05) is 0 Å². The third-order valence-electron chi connectivity index (χ3n) is 3.57. The van der Waals surface area contributed by atoms with Crippen LogP contribution >= 0.6 is 35.2 Å². The molecule has 0 radical (unpaired) electrons. The van der Waals surface area contributed by atoms with Gasteiger partial charge in [0.2, 0.25) is 5.91 Å². The van der Waals surface area contributed by atoms with Crippen molar-refractivity contribution in [2.45, 2.75) is 19.5 Å². The van der Waals surface area contributed by atoms with Crippen LogP contribution in [-0.2, 0) is 11.3 Å². The molecule has 2 aromatic heterocycles. The molecule has 0 unspecified atom stereocenters. The highest BCUT2D eigenvalue weighted by molar-refractivity contribution is 7.71. The average Bonchev–Trinajstić information content (AvgIpc) is 3.21. The molecule has 1 aromatic carbocycles. The molecule has 3 aromatic rings. The van der Waals surface area contributed by atoms with E-state index >= 15 is 0 Å². The molecule has 24 heavy (non-hydrogen) atoms. The highest BCUT2D eigenvalue weighted by Crippen LogP contribution is 2.25. The monoisotopic (exact) mass is 378 g/mol. The second-order valence-corrected chi connectivity index (χ2v) is 6.99. The Kier molecular flexibility index (Phi) is 5.13. The summed E-state index contributed by atoms with van der Waals surface area (Å²) in [5, 5.41) is 12.5. The van der Waals surface area contributed by atoms with Gasteiger partial charge in [0.1, 0.15) is 6.04 Å². The fraction of sp³-hybridized carbons (Fsp3) is 0.188. The molecule has 8 heteroatoms. The summed E-state index contributed by atoms with van der Waals surface area (Å²) in [6.45, 7) is 2.21. The molecular weight excluding hydrogens is 364 g/mol. The SMILES string of the molecule is C[C@H](C(=O)NCc1cccc(Cl)c1)n1c(-c2cccs2)n[nH]c1=S. The second kappa shape index (κ2) is 7.29. The van der Waals surface area contributed by atoms with E-state index in [1.54, 1.807) is 28.9 Å². The number of halogens is 1. The first-order valence-corrected chi connectivity index (χ1v) is 8.96. The highest BCUT2D eigenvalue weighted by Gasteiger charge is 2.21. The van der Waals surface area contributed by atoms with Gasteiger partial charge in [-0.1, -0.05) is 29.8 Å². The van der Waals surface area contributed by atoms with Crippen LogP contribution in [0.1, 0.15) is 18.5 Å². The first kappa shape index (κ1) is 16.9. The molecule has 2 N–H and O–H groups in total. The van der Waals surface area contributed by atoms with E-state index in [1.165, 1.54) is 0 Å². The number of hydrogen-bond donors (Lipinski definition) is 2. The van der Waals surface area contributed by atoms with E-state index in [4.69, 9.17) is 23.8 Å². The van der Waals surface area contributed by atoms with Gasteiger partial charge in [-0.3, -0.25) is 14.5 Å². The van der Waals surface area contributed by atoms with Crippen LogP contribution in [0.15, 0.2) is 41.8 Å². The summed E-state index contributed by atoms with van der Waals surface area (Å²) >= 11 is 12.8. The molecule has 5 nitrogen and oxygen atoms in total. The Morgan fingerprint density at radius 3 is 3.00 bits per heavy atom. The fourth-order valence-electron chi connectivity index (χ4n) is 2.34. The van der Waals surface area contributed by atoms with E-state index in [-0.39, 0.29) is 5.91 Å². The van der Waals surface area contributed by atoms with Crippen molar-refractivity contribution in [1.29, 1.82) is 0 Å². The number of thiophene rings is 1.